The summed E-state index contributed by atoms with van der Waals surface area (Å²) in [5, 5.41) is 5.75. The van der Waals surface area contributed by atoms with Crippen molar-refractivity contribution in [3.63, 3.8) is 0 Å². The molecule has 0 heterocycles. The molecule has 0 aromatic heterocycles. The van der Waals surface area contributed by atoms with Crippen LogP contribution in [0.25, 0.3) is 0 Å². The third-order valence-electron chi connectivity index (χ3n) is 1.91. The molecule has 1 amide bonds. The van der Waals surface area contributed by atoms with E-state index in [9.17, 15) is 4.79 Å². The Morgan fingerprint density at radius 3 is 2.86 bits per heavy atom. The van der Waals surface area contributed by atoms with Crippen molar-refractivity contribution in [1.82, 2.24) is 10.6 Å². The molecule has 0 aromatic carbocycles. The zero-order valence-electron chi connectivity index (χ0n) is 9.10. The molecule has 0 saturated heterocycles. The minimum Gasteiger partial charge on any atom is -0.353 e. The Bertz CT molecular complexity index is 196. The van der Waals surface area contributed by atoms with E-state index in [-0.39, 0.29) is 11.9 Å². The highest BCUT2D eigenvalue weighted by Gasteiger charge is 2.05. The number of carbonyl (C=O) groups is 1. The molecule has 1 atom stereocenters. The zero-order valence-corrected chi connectivity index (χ0v) is 9.10. The lowest BCUT2D eigenvalue weighted by molar-refractivity contribution is -0.120. The molecule has 80 valence electrons. The smallest absolute Gasteiger partial charge is 0.234 e. The molecule has 0 rings (SSSR count). The van der Waals surface area contributed by atoms with Crippen molar-refractivity contribution >= 4 is 5.91 Å². The van der Waals surface area contributed by atoms with Gasteiger partial charge in [0.1, 0.15) is 0 Å². The van der Waals surface area contributed by atoms with Gasteiger partial charge in [-0.3, -0.25) is 10.1 Å². The fourth-order valence-corrected chi connectivity index (χ4v) is 1.16. The van der Waals surface area contributed by atoms with Crippen LogP contribution in [0.5, 0.6) is 0 Å². The first-order valence-electron chi connectivity index (χ1n) is 5.14. The summed E-state index contributed by atoms with van der Waals surface area (Å²) in [7, 11) is 0. The monoisotopic (exact) mass is 196 g/mol. The molecule has 3 nitrogen and oxygen atoms in total. The van der Waals surface area contributed by atoms with Crippen LogP contribution in [-0.4, -0.2) is 25.0 Å². The minimum absolute atomic E-state index is 0.0175. The summed E-state index contributed by atoms with van der Waals surface area (Å²) < 4.78 is 0. The quantitative estimate of drug-likeness (QED) is 0.469. The summed E-state index contributed by atoms with van der Waals surface area (Å²) in [4.78, 5) is 11.2. The van der Waals surface area contributed by atoms with Gasteiger partial charge in [-0.1, -0.05) is 25.7 Å². The van der Waals surface area contributed by atoms with Gasteiger partial charge in [0.2, 0.25) is 5.91 Å². The van der Waals surface area contributed by atoms with Gasteiger partial charge in [-0.15, -0.1) is 6.42 Å². The predicted octanol–water partition coefficient (Wildman–Crippen LogP) is 0.904. The highest BCUT2D eigenvalue weighted by Crippen LogP contribution is 1.98. The normalized spacial score (nSPS) is 11.8. The van der Waals surface area contributed by atoms with Gasteiger partial charge in [0.25, 0.3) is 0 Å². The van der Waals surface area contributed by atoms with Gasteiger partial charge in [-0.05, 0) is 13.3 Å². The molecule has 0 aliphatic heterocycles. The Kier molecular flexibility index (Phi) is 7.96. The first-order chi connectivity index (χ1) is 6.70. The summed E-state index contributed by atoms with van der Waals surface area (Å²) in [6, 6.07) is 0.259. The Labute approximate surface area is 86.6 Å². The molecule has 0 saturated carbocycles. The van der Waals surface area contributed by atoms with Gasteiger partial charge >= 0.3 is 0 Å². The molecule has 2 N–H and O–H groups in total. The lowest BCUT2D eigenvalue weighted by Gasteiger charge is -2.13. The second-order valence-corrected chi connectivity index (χ2v) is 3.42. The molecule has 3 heteroatoms. The molecule has 0 aromatic rings. The van der Waals surface area contributed by atoms with Crippen LogP contribution in [-0.2, 0) is 4.79 Å². The molecular weight excluding hydrogens is 176 g/mol. The van der Waals surface area contributed by atoms with Crippen molar-refractivity contribution in [2.45, 2.75) is 39.2 Å². The lowest BCUT2D eigenvalue weighted by Crippen LogP contribution is -2.39. The highest BCUT2D eigenvalue weighted by atomic mass is 16.1. The second kappa shape index (κ2) is 8.58. The van der Waals surface area contributed by atoms with Crippen molar-refractivity contribution in [2.24, 2.45) is 0 Å². The van der Waals surface area contributed by atoms with E-state index in [2.05, 4.69) is 23.5 Å². The Morgan fingerprint density at radius 1 is 1.57 bits per heavy atom. The Balaban J connectivity index is 3.46. The van der Waals surface area contributed by atoms with Gasteiger partial charge in [0.15, 0.2) is 0 Å². The maximum Gasteiger partial charge on any atom is 0.234 e. The Hall–Kier alpha value is -1.01. The van der Waals surface area contributed by atoms with E-state index in [1.807, 2.05) is 6.92 Å². The van der Waals surface area contributed by atoms with E-state index in [1.54, 1.807) is 0 Å². The number of unbranched alkanes of at least 4 members (excludes halogenated alkanes) is 1. The van der Waals surface area contributed by atoms with Crippen molar-refractivity contribution in [1.29, 1.82) is 0 Å². The highest BCUT2D eigenvalue weighted by molar-refractivity contribution is 5.78. The molecular formula is C11H20N2O. The predicted molar refractivity (Wildman–Crippen MR) is 58.8 cm³/mol. The third kappa shape index (κ3) is 7.63. The minimum atomic E-state index is 0.0175. The standard InChI is InChI=1S/C11H20N2O/c1-4-6-7-10(3)13-11(14)9-12-8-5-2/h2,10,12H,4,6-9H2,1,3H3,(H,13,14). The van der Waals surface area contributed by atoms with E-state index in [0.29, 0.717) is 13.1 Å². The maximum atomic E-state index is 11.2. The molecule has 0 aliphatic carbocycles. The first kappa shape index (κ1) is 13.0. The first-order valence-corrected chi connectivity index (χ1v) is 5.14. The van der Waals surface area contributed by atoms with Gasteiger partial charge in [-0.2, -0.15) is 0 Å². The SMILES string of the molecule is C#CCNCC(=O)NC(C)CCCC. The van der Waals surface area contributed by atoms with Gasteiger partial charge in [0, 0.05) is 6.04 Å². The largest absolute Gasteiger partial charge is 0.353 e. The van der Waals surface area contributed by atoms with Gasteiger partial charge in [0.05, 0.1) is 13.1 Å². The molecule has 0 fully saturated rings. The van der Waals surface area contributed by atoms with E-state index < -0.39 is 0 Å². The van der Waals surface area contributed by atoms with E-state index >= 15 is 0 Å². The molecule has 0 spiro atoms. The number of amides is 1. The summed E-state index contributed by atoms with van der Waals surface area (Å²) >= 11 is 0. The second-order valence-electron chi connectivity index (χ2n) is 3.42. The number of carbonyl (C=O) groups excluding carboxylic acids is 1. The average molecular weight is 196 g/mol. The van der Waals surface area contributed by atoms with Crippen LogP contribution >= 0.6 is 0 Å². The number of hydrogen-bond donors (Lipinski definition) is 2. The molecule has 0 radical (unpaired) electrons. The zero-order chi connectivity index (χ0) is 10.8. The average Bonchev–Trinajstić information content (AvgIpc) is 2.15. The Morgan fingerprint density at radius 2 is 2.29 bits per heavy atom. The van der Waals surface area contributed by atoms with Crippen molar-refractivity contribution in [3.8, 4) is 12.3 Å². The van der Waals surface area contributed by atoms with E-state index in [4.69, 9.17) is 6.42 Å². The fraction of sp³-hybridized carbons (Fsp3) is 0.727. The van der Waals surface area contributed by atoms with Crippen molar-refractivity contribution < 1.29 is 4.79 Å². The van der Waals surface area contributed by atoms with Crippen LogP contribution in [0.4, 0.5) is 0 Å². The fourth-order valence-electron chi connectivity index (χ4n) is 1.16. The summed E-state index contributed by atoms with van der Waals surface area (Å²) in [6.45, 7) is 4.91. The number of rotatable bonds is 7. The van der Waals surface area contributed by atoms with E-state index in [1.165, 1.54) is 0 Å². The van der Waals surface area contributed by atoms with Crippen LogP contribution in [0.15, 0.2) is 0 Å². The topological polar surface area (TPSA) is 41.1 Å². The lowest BCUT2D eigenvalue weighted by atomic mass is 10.1. The molecule has 1 unspecified atom stereocenters. The summed E-state index contributed by atoms with van der Waals surface area (Å²) in [5.41, 5.74) is 0. The number of terminal acetylenes is 1. The van der Waals surface area contributed by atoms with Crippen LogP contribution in [0.1, 0.15) is 33.1 Å². The number of hydrogen-bond acceptors (Lipinski definition) is 2. The van der Waals surface area contributed by atoms with Gasteiger partial charge in [-0.25, -0.2) is 0 Å². The van der Waals surface area contributed by atoms with Crippen molar-refractivity contribution in [2.75, 3.05) is 13.1 Å². The van der Waals surface area contributed by atoms with Crippen LogP contribution in [0, 0.1) is 12.3 Å². The van der Waals surface area contributed by atoms with Crippen LogP contribution in [0.2, 0.25) is 0 Å². The molecule has 14 heavy (non-hydrogen) atoms. The van der Waals surface area contributed by atoms with Gasteiger partial charge < -0.3 is 5.32 Å². The number of nitrogens with one attached hydrogen (secondary N) is 2. The van der Waals surface area contributed by atoms with Crippen molar-refractivity contribution in [3.05, 3.63) is 0 Å². The van der Waals surface area contributed by atoms with Crippen LogP contribution in [0.3, 0.4) is 0 Å². The molecule has 0 bridgehead atoms. The summed E-state index contributed by atoms with van der Waals surface area (Å²) in [6.07, 6.45) is 8.39. The van der Waals surface area contributed by atoms with Crippen LogP contribution < -0.4 is 10.6 Å². The van der Waals surface area contributed by atoms with E-state index in [0.717, 1.165) is 19.3 Å². The maximum absolute atomic E-state index is 11.2. The third-order valence-corrected chi connectivity index (χ3v) is 1.91. The molecule has 0 aliphatic rings. The summed E-state index contributed by atoms with van der Waals surface area (Å²) in [5.74, 6) is 2.44.